The fourth-order valence-corrected chi connectivity index (χ4v) is 5.08. The summed E-state index contributed by atoms with van der Waals surface area (Å²) in [5.74, 6) is 0.901. The molecule has 1 N–H and O–H groups in total. The van der Waals surface area contributed by atoms with Crippen LogP contribution in [-0.4, -0.2) is 50.7 Å². The molecule has 0 bridgehead atoms. The topological polar surface area (TPSA) is 75.7 Å². The van der Waals surface area contributed by atoms with Gasteiger partial charge in [0, 0.05) is 24.5 Å². The number of nitrogens with one attached hydrogen (secondary N) is 1. The van der Waals surface area contributed by atoms with Crippen molar-refractivity contribution < 1.29 is 17.9 Å². The first-order valence-corrected chi connectivity index (χ1v) is 11.7. The van der Waals surface area contributed by atoms with Crippen LogP contribution in [0.1, 0.15) is 11.1 Å². The number of hydrogen-bond acceptors (Lipinski definition) is 5. The Morgan fingerprint density at radius 2 is 1.86 bits per heavy atom. The Hall–Kier alpha value is -1.87. The van der Waals surface area contributed by atoms with Gasteiger partial charge in [-0.05, 0) is 30.2 Å². The number of rotatable bonds is 7. The predicted octanol–water partition coefficient (Wildman–Crippen LogP) is 2.89. The minimum absolute atomic E-state index is 0.148. The molecule has 28 heavy (non-hydrogen) atoms. The monoisotopic (exact) mass is 420 g/mol. The highest BCUT2D eigenvalue weighted by molar-refractivity contribution is 7.99. The number of thioether (sulfide) groups is 1. The highest BCUT2D eigenvalue weighted by Crippen LogP contribution is 2.24. The maximum atomic E-state index is 12.8. The maximum absolute atomic E-state index is 12.8. The van der Waals surface area contributed by atoms with Crippen LogP contribution >= 0.6 is 11.8 Å². The first-order valence-electron chi connectivity index (χ1n) is 9.07. The smallest absolute Gasteiger partial charge is 0.243 e. The first-order chi connectivity index (χ1) is 13.5. The maximum Gasteiger partial charge on any atom is 0.243 e. The van der Waals surface area contributed by atoms with E-state index in [1.165, 1.54) is 16.1 Å². The van der Waals surface area contributed by atoms with Crippen molar-refractivity contribution in [2.24, 2.45) is 0 Å². The molecule has 6 nitrogen and oxygen atoms in total. The van der Waals surface area contributed by atoms with Crippen LogP contribution in [0.2, 0.25) is 0 Å². The molecule has 0 aromatic heterocycles. The van der Waals surface area contributed by atoms with E-state index in [0.29, 0.717) is 37.7 Å². The van der Waals surface area contributed by atoms with Gasteiger partial charge >= 0.3 is 0 Å². The van der Waals surface area contributed by atoms with Gasteiger partial charge in [-0.25, -0.2) is 8.42 Å². The number of amides is 1. The zero-order valence-electron chi connectivity index (χ0n) is 15.8. The lowest BCUT2D eigenvalue weighted by Crippen LogP contribution is -2.40. The summed E-state index contributed by atoms with van der Waals surface area (Å²) in [6, 6.07) is 14.8. The van der Waals surface area contributed by atoms with Crippen LogP contribution in [0.5, 0.6) is 0 Å². The van der Waals surface area contributed by atoms with Gasteiger partial charge in [-0.3, -0.25) is 4.79 Å². The van der Waals surface area contributed by atoms with Crippen LogP contribution < -0.4 is 5.32 Å². The molecule has 0 saturated carbocycles. The van der Waals surface area contributed by atoms with E-state index in [0.717, 1.165) is 16.9 Å². The summed E-state index contributed by atoms with van der Waals surface area (Å²) in [4.78, 5) is 12.5. The van der Waals surface area contributed by atoms with Gasteiger partial charge in [-0.1, -0.05) is 36.4 Å². The second-order valence-electron chi connectivity index (χ2n) is 6.52. The number of aryl methyl sites for hydroxylation is 1. The third kappa shape index (κ3) is 5.35. The number of sulfonamides is 1. The molecule has 1 amide bonds. The van der Waals surface area contributed by atoms with Crippen LogP contribution in [-0.2, 0) is 25.3 Å². The molecule has 0 aliphatic carbocycles. The van der Waals surface area contributed by atoms with Gasteiger partial charge in [0.1, 0.15) is 0 Å². The van der Waals surface area contributed by atoms with Gasteiger partial charge in [-0.15, -0.1) is 11.8 Å². The van der Waals surface area contributed by atoms with Gasteiger partial charge in [0.25, 0.3) is 0 Å². The average Bonchev–Trinajstić information content (AvgIpc) is 2.71. The molecule has 8 heteroatoms. The Labute approximate surface area is 170 Å². The van der Waals surface area contributed by atoms with Gasteiger partial charge in [0.2, 0.25) is 15.9 Å². The Kier molecular flexibility index (Phi) is 7.12. The summed E-state index contributed by atoms with van der Waals surface area (Å²) in [5.41, 5.74) is 2.51. The Morgan fingerprint density at radius 1 is 1.14 bits per heavy atom. The third-order valence-corrected chi connectivity index (χ3v) is 7.33. The normalized spacial score (nSPS) is 15.3. The molecule has 0 spiro atoms. The fourth-order valence-electron chi connectivity index (χ4n) is 2.85. The molecule has 1 saturated heterocycles. The predicted molar refractivity (Wildman–Crippen MR) is 112 cm³/mol. The Morgan fingerprint density at radius 3 is 2.57 bits per heavy atom. The molecule has 3 rings (SSSR count). The van der Waals surface area contributed by atoms with Crippen molar-refractivity contribution in [2.45, 2.75) is 17.6 Å². The highest BCUT2D eigenvalue weighted by Gasteiger charge is 2.26. The van der Waals surface area contributed by atoms with E-state index in [4.69, 9.17) is 4.74 Å². The number of benzene rings is 2. The minimum Gasteiger partial charge on any atom is -0.379 e. The van der Waals surface area contributed by atoms with Crippen LogP contribution in [0, 0.1) is 6.92 Å². The quantitative estimate of drug-likeness (QED) is 0.745. The highest BCUT2D eigenvalue weighted by atomic mass is 32.2. The molecule has 1 heterocycles. The zero-order valence-corrected chi connectivity index (χ0v) is 17.4. The second kappa shape index (κ2) is 9.56. The number of morpholine rings is 1. The zero-order chi connectivity index (χ0) is 20.0. The van der Waals surface area contributed by atoms with E-state index in [1.54, 1.807) is 18.2 Å². The molecule has 2 aromatic rings. The second-order valence-corrected chi connectivity index (χ2v) is 9.44. The SMILES string of the molecule is Cc1ccc(S(=O)(=O)N2CCOCC2)cc1NC(=O)CSCc1ccccc1. The van der Waals surface area contributed by atoms with Gasteiger partial charge in [0.15, 0.2) is 0 Å². The minimum atomic E-state index is -3.59. The molecule has 0 atom stereocenters. The van der Waals surface area contributed by atoms with Crippen molar-refractivity contribution in [3.63, 3.8) is 0 Å². The third-order valence-electron chi connectivity index (χ3n) is 4.44. The number of anilines is 1. The fraction of sp³-hybridized carbons (Fsp3) is 0.350. The van der Waals surface area contributed by atoms with Crippen molar-refractivity contribution in [1.82, 2.24) is 4.31 Å². The molecule has 150 valence electrons. The molecule has 1 fully saturated rings. The van der Waals surface area contributed by atoms with E-state index < -0.39 is 10.0 Å². The number of ether oxygens (including phenoxy) is 1. The van der Waals surface area contributed by atoms with Crippen LogP contribution in [0.15, 0.2) is 53.4 Å². The molecule has 1 aliphatic rings. The first kappa shape index (κ1) is 20.9. The van der Waals surface area contributed by atoms with E-state index >= 15 is 0 Å². The average molecular weight is 421 g/mol. The lowest BCUT2D eigenvalue weighted by atomic mass is 10.2. The summed E-state index contributed by atoms with van der Waals surface area (Å²) >= 11 is 1.52. The van der Waals surface area contributed by atoms with Gasteiger partial charge < -0.3 is 10.1 Å². The van der Waals surface area contributed by atoms with Crippen molar-refractivity contribution in [1.29, 1.82) is 0 Å². The number of nitrogens with zero attached hydrogens (tertiary/aromatic N) is 1. The molecular formula is C20H24N2O4S2. The number of carbonyl (C=O) groups is 1. The summed E-state index contributed by atoms with van der Waals surface area (Å²) in [6.07, 6.45) is 0. The van der Waals surface area contributed by atoms with Crippen molar-refractivity contribution in [2.75, 3.05) is 37.4 Å². The van der Waals surface area contributed by atoms with Crippen LogP contribution in [0.25, 0.3) is 0 Å². The van der Waals surface area contributed by atoms with E-state index in [9.17, 15) is 13.2 Å². The van der Waals surface area contributed by atoms with Crippen molar-refractivity contribution in [3.8, 4) is 0 Å². The molecular weight excluding hydrogens is 396 g/mol. The van der Waals surface area contributed by atoms with E-state index in [1.807, 2.05) is 37.3 Å². The lowest BCUT2D eigenvalue weighted by molar-refractivity contribution is -0.113. The Balaban J connectivity index is 1.63. The van der Waals surface area contributed by atoms with Crippen molar-refractivity contribution in [3.05, 3.63) is 59.7 Å². The summed E-state index contributed by atoms with van der Waals surface area (Å²) in [7, 11) is -3.59. The summed E-state index contributed by atoms with van der Waals surface area (Å²) in [6.45, 7) is 3.32. The van der Waals surface area contributed by atoms with E-state index in [-0.39, 0.29) is 10.8 Å². The molecule has 0 radical (unpaired) electrons. The van der Waals surface area contributed by atoms with E-state index in [2.05, 4.69) is 5.32 Å². The lowest BCUT2D eigenvalue weighted by Gasteiger charge is -2.26. The molecule has 2 aromatic carbocycles. The standard InChI is InChI=1S/C20H24N2O4S2/c1-16-7-8-18(28(24,25)22-9-11-26-12-10-22)13-19(16)21-20(23)15-27-14-17-5-3-2-4-6-17/h2-8,13H,9-12,14-15H2,1H3,(H,21,23). The molecule has 0 unspecified atom stereocenters. The number of hydrogen-bond donors (Lipinski definition) is 1. The molecule has 1 aliphatic heterocycles. The Bertz CT molecular complexity index is 911. The summed E-state index contributed by atoms with van der Waals surface area (Å²) < 4.78 is 32.3. The number of carbonyl (C=O) groups excluding carboxylic acids is 1. The van der Waals surface area contributed by atoms with Crippen LogP contribution in [0.4, 0.5) is 5.69 Å². The summed E-state index contributed by atoms with van der Waals surface area (Å²) in [5, 5.41) is 2.84. The van der Waals surface area contributed by atoms with Crippen molar-refractivity contribution >= 4 is 33.4 Å². The van der Waals surface area contributed by atoms with Gasteiger partial charge in [-0.2, -0.15) is 4.31 Å². The van der Waals surface area contributed by atoms with Gasteiger partial charge in [0.05, 0.1) is 23.9 Å². The van der Waals surface area contributed by atoms with Crippen LogP contribution in [0.3, 0.4) is 0 Å². The largest absolute Gasteiger partial charge is 0.379 e.